The molecule has 0 aliphatic carbocycles. The standard InChI is InChI=1S/C15H19FN4O2S/c1-10-6-7-12(16)14(9-10)23(21,22)20-8-4-3-5-13(20)15-17-11(2)18-19-15/h6-7,9,13H,3-5,8H2,1-2H3,(H,17,18,19)/t13-/m1/s1. The number of aromatic nitrogens is 3. The number of nitrogens with zero attached hydrogens (tertiary/aromatic N) is 3. The first kappa shape index (κ1) is 16.1. The van der Waals surface area contributed by atoms with Gasteiger partial charge in [0.05, 0.1) is 6.04 Å². The average Bonchev–Trinajstić information content (AvgIpc) is 2.96. The number of benzene rings is 1. The highest BCUT2D eigenvalue weighted by Gasteiger charge is 2.37. The molecule has 1 N–H and O–H groups in total. The molecular weight excluding hydrogens is 319 g/mol. The molecule has 0 amide bonds. The summed E-state index contributed by atoms with van der Waals surface area (Å²) in [5, 5.41) is 6.84. The minimum Gasteiger partial charge on any atom is -0.263 e. The van der Waals surface area contributed by atoms with Gasteiger partial charge in [-0.3, -0.25) is 5.10 Å². The van der Waals surface area contributed by atoms with Crippen molar-refractivity contribution in [3.05, 3.63) is 41.2 Å². The van der Waals surface area contributed by atoms with E-state index in [2.05, 4.69) is 15.2 Å². The highest BCUT2D eigenvalue weighted by Crippen LogP contribution is 2.34. The number of hydrogen-bond donors (Lipinski definition) is 1. The minimum atomic E-state index is -3.94. The van der Waals surface area contributed by atoms with E-state index in [1.54, 1.807) is 19.9 Å². The maximum atomic E-state index is 14.1. The van der Waals surface area contributed by atoms with Crippen molar-refractivity contribution in [2.24, 2.45) is 0 Å². The molecule has 8 heteroatoms. The van der Waals surface area contributed by atoms with Crippen LogP contribution in [-0.2, 0) is 10.0 Å². The second-order valence-corrected chi connectivity index (χ2v) is 7.70. The molecule has 6 nitrogen and oxygen atoms in total. The fourth-order valence-electron chi connectivity index (χ4n) is 2.89. The zero-order valence-electron chi connectivity index (χ0n) is 13.1. The molecule has 3 rings (SSSR count). The third-order valence-electron chi connectivity index (χ3n) is 4.04. The zero-order valence-corrected chi connectivity index (χ0v) is 13.9. The summed E-state index contributed by atoms with van der Waals surface area (Å²) >= 11 is 0. The quantitative estimate of drug-likeness (QED) is 0.932. The lowest BCUT2D eigenvalue weighted by Gasteiger charge is -2.33. The molecule has 0 saturated carbocycles. The van der Waals surface area contributed by atoms with Crippen molar-refractivity contribution in [1.29, 1.82) is 0 Å². The highest BCUT2D eigenvalue weighted by molar-refractivity contribution is 7.89. The van der Waals surface area contributed by atoms with E-state index >= 15 is 0 Å². The Balaban J connectivity index is 2.04. The first-order valence-electron chi connectivity index (χ1n) is 7.56. The number of hydrogen-bond acceptors (Lipinski definition) is 4. The lowest BCUT2D eigenvalue weighted by Crippen LogP contribution is -2.39. The van der Waals surface area contributed by atoms with Gasteiger partial charge in [-0.25, -0.2) is 17.8 Å². The normalized spacial score (nSPS) is 19.9. The van der Waals surface area contributed by atoms with Crippen LogP contribution in [0.1, 0.15) is 42.5 Å². The number of aryl methyl sites for hydroxylation is 2. The molecule has 1 fully saturated rings. The van der Waals surface area contributed by atoms with Crippen LogP contribution in [0.5, 0.6) is 0 Å². The number of aromatic amines is 1. The van der Waals surface area contributed by atoms with Crippen LogP contribution < -0.4 is 0 Å². The van der Waals surface area contributed by atoms with E-state index in [1.807, 2.05) is 0 Å². The number of nitrogens with one attached hydrogen (secondary N) is 1. The van der Waals surface area contributed by atoms with Crippen molar-refractivity contribution in [2.75, 3.05) is 6.54 Å². The molecule has 23 heavy (non-hydrogen) atoms. The average molecular weight is 338 g/mol. The molecule has 1 aliphatic rings. The lowest BCUT2D eigenvalue weighted by atomic mass is 10.0. The number of halogens is 1. The fraction of sp³-hybridized carbons (Fsp3) is 0.467. The van der Waals surface area contributed by atoms with Crippen LogP contribution in [0.4, 0.5) is 4.39 Å². The van der Waals surface area contributed by atoms with E-state index in [9.17, 15) is 12.8 Å². The van der Waals surface area contributed by atoms with Crippen LogP contribution in [0, 0.1) is 19.7 Å². The molecule has 1 aromatic heterocycles. The summed E-state index contributed by atoms with van der Waals surface area (Å²) in [7, 11) is -3.94. The van der Waals surface area contributed by atoms with E-state index in [0.717, 1.165) is 12.8 Å². The number of sulfonamides is 1. The van der Waals surface area contributed by atoms with Gasteiger partial charge in [-0.2, -0.15) is 9.40 Å². The van der Waals surface area contributed by atoms with Crippen molar-refractivity contribution >= 4 is 10.0 Å². The zero-order chi connectivity index (χ0) is 16.6. The van der Waals surface area contributed by atoms with Gasteiger partial charge in [0.1, 0.15) is 16.5 Å². The van der Waals surface area contributed by atoms with Gasteiger partial charge in [-0.05, 0) is 44.4 Å². The molecule has 0 bridgehead atoms. The van der Waals surface area contributed by atoms with Crippen LogP contribution in [-0.4, -0.2) is 34.4 Å². The van der Waals surface area contributed by atoms with Gasteiger partial charge in [0, 0.05) is 6.54 Å². The van der Waals surface area contributed by atoms with Crippen LogP contribution in [0.25, 0.3) is 0 Å². The number of H-pyrrole nitrogens is 1. The summed E-state index contributed by atoms with van der Waals surface area (Å²) in [6.45, 7) is 3.84. The van der Waals surface area contributed by atoms with Gasteiger partial charge < -0.3 is 0 Å². The molecule has 1 atom stereocenters. The Morgan fingerprint density at radius 1 is 1.30 bits per heavy atom. The van der Waals surface area contributed by atoms with Gasteiger partial charge in [-0.1, -0.05) is 12.5 Å². The van der Waals surface area contributed by atoms with Crippen LogP contribution in [0.2, 0.25) is 0 Å². The number of rotatable bonds is 3. The first-order valence-corrected chi connectivity index (χ1v) is 9.00. The monoisotopic (exact) mass is 338 g/mol. The second-order valence-electron chi connectivity index (χ2n) is 5.84. The molecule has 0 unspecified atom stereocenters. The van der Waals surface area contributed by atoms with Crippen molar-refractivity contribution in [3.8, 4) is 0 Å². The molecule has 2 heterocycles. The lowest BCUT2D eigenvalue weighted by molar-refractivity contribution is 0.246. The van der Waals surface area contributed by atoms with Crippen molar-refractivity contribution < 1.29 is 12.8 Å². The Kier molecular flexibility index (Phi) is 4.20. The summed E-state index contributed by atoms with van der Waals surface area (Å²) in [6, 6.07) is 3.66. The topological polar surface area (TPSA) is 79.0 Å². The summed E-state index contributed by atoms with van der Waals surface area (Å²) in [5.74, 6) is 0.342. The second kappa shape index (κ2) is 6.01. The van der Waals surface area contributed by atoms with Crippen LogP contribution >= 0.6 is 0 Å². The Labute approximate surface area is 134 Å². The summed E-state index contributed by atoms with van der Waals surface area (Å²) in [6.07, 6.45) is 2.26. The molecule has 0 radical (unpaired) electrons. The number of piperidine rings is 1. The predicted molar refractivity (Wildman–Crippen MR) is 82.7 cm³/mol. The molecule has 124 valence electrons. The van der Waals surface area contributed by atoms with E-state index < -0.39 is 21.9 Å². The van der Waals surface area contributed by atoms with E-state index in [0.29, 0.717) is 30.2 Å². The van der Waals surface area contributed by atoms with Crippen LogP contribution in [0.15, 0.2) is 23.1 Å². The predicted octanol–water partition coefficient (Wildman–Crippen LogP) is 2.48. The minimum absolute atomic E-state index is 0.281. The maximum absolute atomic E-state index is 14.1. The Morgan fingerprint density at radius 2 is 2.09 bits per heavy atom. The third-order valence-corrected chi connectivity index (χ3v) is 5.96. The van der Waals surface area contributed by atoms with E-state index in [-0.39, 0.29) is 4.90 Å². The Bertz CT molecular complexity index is 819. The third kappa shape index (κ3) is 3.00. The summed E-state index contributed by atoms with van der Waals surface area (Å²) < 4.78 is 41.4. The fourth-order valence-corrected chi connectivity index (χ4v) is 4.70. The molecular formula is C15H19FN4O2S. The van der Waals surface area contributed by atoms with Crippen LogP contribution in [0.3, 0.4) is 0 Å². The van der Waals surface area contributed by atoms with Gasteiger partial charge in [-0.15, -0.1) is 0 Å². The first-order chi connectivity index (χ1) is 10.9. The molecule has 1 aliphatic heterocycles. The van der Waals surface area contributed by atoms with Gasteiger partial charge in [0.25, 0.3) is 0 Å². The smallest absolute Gasteiger partial charge is 0.246 e. The van der Waals surface area contributed by atoms with Crippen molar-refractivity contribution in [2.45, 2.75) is 44.0 Å². The maximum Gasteiger partial charge on any atom is 0.246 e. The summed E-state index contributed by atoms with van der Waals surface area (Å²) in [4.78, 5) is 3.98. The molecule has 1 aromatic carbocycles. The SMILES string of the molecule is Cc1ccc(F)c(S(=O)(=O)N2CCCC[C@@H]2c2n[nH]c(C)n2)c1. The Morgan fingerprint density at radius 3 is 2.78 bits per heavy atom. The molecule has 1 saturated heterocycles. The molecule has 0 spiro atoms. The van der Waals surface area contributed by atoms with Gasteiger partial charge in [0.15, 0.2) is 5.82 Å². The summed E-state index contributed by atoms with van der Waals surface area (Å²) in [5.41, 5.74) is 0.701. The van der Waals surface area contributed by atoms with Crippen molar-refractivity contribution in [3.63, 3.8) is 0 Å². The largest absolute Gasteiger partial charge is 0.263 e. The highest BCUT2D eigenvalue weighted by atomic mass is 32.2. The van der Waals surface area contributed by atoms with Gasteiger partial charge >= 0.3 is 0 Å². The van der Waals surface area contributed by atoms with E-state index in [1.165, 1.54) is 16.4 Å². The Hall–Kier alpha value is -1.80. The molecule has 2 aromatic rings. The van der Waals surface area contributed by atoms with Crippen molar-refractivity contribution in [1.82, 2.24) is 19.5 Å². The van der Waals surface area contributed by atoms with Gasteiger partial charge in [0.2, 0.25) is 10.0 Å². The van der Waals surface area contributed by atoms with E-state index in [4.69, 9.17) is 0 Å².